The van der Waals surface area contributed by atoms with Gasteiger partial charge in [-0.15, -0.1) is 0 Å². The first-order valence-corrected chi connectivity index (χ1v) is 6.45. The fourth-order valence-electron chi connectivity index (χ4n) is 2.34. The molecule has 1 aliphatic heterocycles. The Balaban J connectivity index is 2.44. The van der Waals surface area contributed by atoms with Crippen LogP contribution in [-0.2, 0) is 4.74 Å². The minimum Gasteiger partial charge on any atom is -0.382 e. The molecule has 2 atom stereocenters. The topological polar surface area (TPSA) is 41.5 Å². The first-order chi connectivity index (χ1) is 8.33. The number of hydrogen-bond acceptors (Lipinski definition) is 3. The molecule has 1 saturated heterocycles. The number of halogens is 3. The van der Waals surface area contributed by atoms with Crippen LogP contribution in [0.3, 0.4) is 0 Å². The summed E-state index contributed by atoms with van der Waals surface area (Å²) in [4.78, 5) is 0. The van der Waals surface area contributed by atoms with Crippen LogP contribution in [0.1, 0.15) is 39.5 Å². The van der Waals surface area contributed by atoms with Gasteiger partial charge in [-0.1, -0.05) is 13.8 Å². The summed E-state index contributed by atoms with van der Waals surface area (Å²) in [5.41, 5.74) is -0.223. The molecule has 0 radical (unpaired) electrons. The Kier molecular flexibility index (Phi) is 5.43. The molecule has 18 heavy (non-hydrogen) atoms. The van der Waals surface area contributed by atoms with E-state index in [0.717, 1.165) is 12.8 Å². The van der Waals surface area contributed by atoms with Crippen LogP contribution in [0.2, 0.25) is 0 Å². The second-order valence-corrected chi connectivity index (χ2v) is 4.89. The molecule has 2 N–H and O–H groups in total. The molecule has 3 nitrogen and oxygen atoms in total. The minimum absolute atomic E-state index is 0.0179. The van der Waals surface area contributed by atoms with Gasteiger partial charge in [0.15, 0.2) is 6.10 Å². The van der Waals surface area contributed by atoms with Crippen molar-refractivity contribution in [1.82, 2.24) is 5.32 Å². The Hall–Kier alpha value is -0.330. The van der Waals surface area contributed by atoms with Crippen LogP contribution >= 0.6 is 0 Å². The summed E-state index contributed by atoms with van der Waals surface area (Å²) in [5, 5.41) is 11.7. The zero-order chi connectivity index (χ0) is 13.8. The van der Waals surface area contributed by atoms with Gasteiger partial charge in [-0.2, -0.15) is 13.2 Å². The highest BCUT2D eigenvalue weighted by Crippen LogP contribution is 2.31. The Morgan fingerprint density at radius 2 is 2.00 bits per heavy atom. The van der Waals surface area contributed by atoms with Crippen molar-refractivity contribution in [3.05, 3.63) is 0 Å². The quantitative estimate of drug-likeness (QED) is 0.804. The maximum absolute atomic E-state index is 12.2. The average molecular weight is 269 g/mol. The number of ether oxygens (including phenoxy) is 1. The highest BCUT2D eigenvalue weighted by atomic mass is 19.4. The first-order valence-electron chi connectivity index (χ1n) is 6.45. The van der Waals surface area contributed by atoms with Crippen LogP contribution in [0, 0.1) is 0 Å². The molecule has 0 saturated carbocycles. The lowest BCUT2D eigenvalue weighted by molar-refractivity contribution is -0.202. The van der Waals surface area contributed by atoms with Crippen molar-refractivity contribution >= 4 is 0 Å². The van der Waals surface area contributed by atoms with E-state index in [1.54, 1.807) is 0 Å². The molecule has 1 rings (SSSR count). The molecule has 1 fully saturated rings. The highest BCUT2D eigenvalue weighted by Gasteiger charge is 2.39. The van der Waals surface area contributed by atoms with Crippen LogP contribution in [0.5, 0.6) is 0 Å². The van der Waals surface area contributed by atoms with Gasteiger partial charge in [0.05, 0.1) is 5.60 Å². The minimum atomic E-state index is -4.55. The van der Waals surface area contributed by atoms with E-state index in [1.165, 1.54) is 0 Å². The van der Waals surface area contributed by atoms with Gasteiger partial charge >= 0.3 is 6.18 Å². The number of alkyl halides is 3. The Labute approximate surface area is 106 Å². The van der Waals surface area contributed by atoms with E-state index in [9.17, 15) is 13.2 Å². The third kappa shape index (κ3) is 4.10. The zero-order valence-corrected chi connectivity index (χ0v) is 10.9. The SMILES string of the molecule is CCC1(CC)CC(NCC(O)C(F)(F)F)CCO1. The summed E-state index contributed by atoms with van der Waals surface area (Å²) in [6.45, 7) is 4.16. The average Bonchev–Trinajstić information content (AvgIpc) is 2.35. The second kappa shape index (κ2) is 6.21. The number of hydrogen-bond donors (Lipinski definition) is 2. The Bertz CT molecular complexity index is 254. The molecule has 6 heteroatoms. The normalized spacial score (nSPS) is 26.0. The lowest BCUT2D eigenvalue weighted by Crippen LogP contribution is -2.49. The second-order valence-electron chi connectivity index (χ2n) is 4.89. The summed E-state index contributed by atoms with van der Waals surface area (Å²) in [5.74, 6) is 0. The molecule has 0 aromatic heterocycles. The van der Waals surface area contributed by atoms with E-state index < -0.39 is 18.8 Å². The molecule has 0 bridgehead atoms. The van der Waals surface area contributed by atoms with E-state index in [0.29, 0.717) is 19.4 Å². The van der Waals surface area contributed by atoms with E-state index >= 15 is 0 Å². The lowest BCUT2D eigenvalue weighted by atomic mass is 9.86. The van der Waals surface area contributed by atoms with Crippen molar-refractivity contribution in [3.8, 4) is 0 Å². The molecule has 1 heterocycles. The van der Waals surface area contributed by atoms with Gasteiger partial charge in [0.1, 0.15) is 0 Å². The molecular weight excluding hydrogens is 247 g/mol. The van der Waals surface area contributed by atoms with Gasteiger partial charge in [-0.3, -0.25) is 0 Å². The van der Waals surface area contributed by atoms with Gasteiger partial charge in [0, 0.05) is 19.2 Å². The van der Waals surface area contributed by atoms with Gasteiger partial charge in [-0.05, 0) is 25.7 Å². The predicted molar refractivity (Wildman–Crippen MR) is 62.4 cm³/mol. The van der Waals surface area contributed by atoms with E-state index in [1.807, 2.05) is 13.8 Å². The third-order valence-corrected chi connectivity index (χ3v) is 3.76. The maximum atomic E-state index is 12.2. The molecule has 0 aromatic carbocycles. The van der Waals surface area contributed by atoms with Gasteiger partial charge in [0.2, 0.25) is 0 Å². The largest absolute Gasteiger partial charge is 0.415 e. The van der Waals surface area contributed by atoms with Gasteiger partial charge in [0.25, 0.3) is 0 Å². The maximum Gasteiger partial charge on any atom is 0.415 e. The number of aliphatic hydroxyl groups excluding tert-OH is 1. The fraction of sp³-hybridized carbons (Fsp3) is 1.00. The monoisotopic (exact) mass is 269 g/mol. The fourth-order valence-corrected chi connectivity index (χ4v) is 2.34. The molecule has 0 amide bonds. The summed E-state index contributed by atoms with van der Waals surface area (Å²) >= 11 is 0. The summed E-state index contributed by atoms with van der Waals surface area (Å²) in [6, 6.07) is -0.0179. The van der Waals surface area contributed by atoms with Gasteiger partial charge < -0.3 is 15.2 Å². The summed E-state index contributed by atoms with van der Waals surface area (Å²) < 4.78 is 42.3. The Morgan fingerprint density at radius 3 is 2.50 bits per heavy atom. The molecule has 0 aromatic rings. The highest BCUT2D eigenvalue weighted by molar-refractivity contribution is 4.88. The van der Waals surface area contributed by atoms with Gasteiger partial charge in [-0.25, -0.2) is 0 Å². The Morgan fingerprint density at radius 1 is 1.39 bits per heavy atom. The molecule has 108 valence electrons. The molecular formula is C12H22F3NO2. The van der Waals surface area contributed by atoms with Crippen LogP contribution in [0.15, 0.2) is 0 Å². The van der Waals surface area contributed by atoms with Crippen molar-refractivity contribution < 1.29 is 23.0 Å². The molecule has 0 aliphatic carbocycles. The van der Waals surface area contributed by atoms with Crippen LogP contribution in [0.4, 0.5) is 13.2 Å². The lowest BCUT2D eigenvalue weighted by Gasteiger charge is -2.40. The van der Waals surface area contributed by atoms with Crippen LogP contribution in [0.25, 0.3) is 0 Å². The van der Waals surface area contributed by atoms with E-state index in [4.69, 9.17) is 9.84 Å². The van der Waals surface area contributed by atoms with Crippen LogP contribution in [-0.4, -0.2) is 42.2 Å². The van der Waals surface area contributed by atoms with Crippen molar-refractivity contribution in [2.24, 2.45) is 0 Å². The van der Waals surface area contributed by atoms with Crippen molar-refractivity contribution in [1.29, 1.82) is 0 Å². The summed E-state index contributed by atoms with van der Waals surface area (Å²) in [6.07, 6.45) is -3.76. The molecule has 2 unspecified atom stereocenters. The van der Waals surface area contributed by atoms with Crippen LogP contribution < -0.4 is 5.32 Å². The van der Waals surface area contributed by atoms with E-state index in [2.05, 4.69) is 5.32 Å². The van der Waals surface area contributed by atoms with E-state index in [-0.39, 0.29) is 11.6 Å². The first kappa shape index (κ1) is 15.7. The third-order valence-electron chi connectivity index (χ3n) is 3.76. The number of rotatable bonds is 5. The van der Waals surface area contributed by atoms with Crippen molar-refractivity contribution in [2.45, 2.75) is 63.5 Å². The van der Waals surface area contributed by atoms with Crippen molar-refractivity contribution in [2.75, 3.05) is 13.2 Å². The number of nitrogens with one attached hydrogen (secondary N) is 1. The molecule has 0 spiro atoms. The zero-order valence-electron chi connectivity index (χ0n) is 10.9. The number of aliphatic hydroxyl groups is 1. The smallest absolute Gasteiger partial charge is 0.382 e. The predicted octanol–water partition coefficient (Wildman–Crippen LogP) is 2.24. The summed E-state index contributed by atoms with van der Waals surface area (Å²) in [7, 11) is 0. The molecule has 1 aliphatic rings. The standard InChI is InChI=1S/C12H22F3NO2/c1-3-11(4-2)7-9(5-6-18-11)16-8-10(17)12(13,14)15/h9-10,16-17H,3-8H2,1-2H3. The van der Waals surface area contributed by atoms with Crippen molar-refractivity contribution in [3.63, 3.8) is 0 Å².